The number of aliphatic carboxylic acids is 1. The van der Waals surface area contributed by atoms with E-state index in [1.54, 1.807) is 0 Å². The number of carboxylic acids is 1. The molecule has 1 rings (SSSR count). The van der Waals surface area contributed by atoms with Crippen molar-refractivity contribution < 1.29 is 23.9 Å². The molecule has 1 unspecified atom stereocenters. The van der Waals surface area contributed by atoms with Gasteiger partial charge >= 0.3 is 12.0 Å². The Bertz CT molecular complexity index is 612. The SMILES string of the molecule is CCCC(NC(=O)NCCCCCNC(=O)c1ccnc([18F])c1)C(=O)O. The highest BCUT2D eigenvalue weighted by atomic mass is 18.2. The van der Waals surface area contributed by atoms with E-state index in [0.717, 1.165) is 12.5 Å². The fourth-order valence-electron chi connectivity index (χ4n) is 2.23. The predicted octanol–water partition coefficient (Wildman–Crippen LogP) is 1.67. The van der Waals surface area contributed by atoms with Gasteiger partial charge in [0.15, 0.2) is 0 Å². The van der Waals surface area contributed by atoms with E-state index < -0.39 is 24.0 Å². The van der Waals surface area contributed by atoms with Crippen LogP contribution in [-0.4, -0.2) is 47.1 Å². The Balaban J connectivity index is 2.11. The molecule has 0 aliphatic rings. The lowest BCUT2D eigenvalue weighted by Gasteiger charge is -2.14. The summed E-state index contributed by atoms with van der Waals surface area (Å²) in [5.41, 5.74) is 0.218. The second-order valence-electron chi connectivity index (χ2n) is 5.76. The number of urea groups is 1. The third-order valence-corrected chi connectivity index (χ3v) is 3.59. The number of amides is 3. The highest BCUT2D eigenvalue weighted by Crippen LogP contribution is 2.01. The number of pyridine rings is 1. The topological polar surface area (TPSA) is 120 Å². The van der Waals surface area contributed by atoms with E-state index in [1.807, 2.05) is 6.92 Å². The normalized spacial score (nSPS) is 11.5. The van der Waals surface area contributed by atoms with Crippen LogP contribution in [0.25, 0.3) is 0 Å². The van der Waals surface area contributed by atoms with Gasteiger partial charge in [-0.1, -0.05) is 13.3 Å². The van der Waals surface area contributed by atoms with Gasteiger partial charge in [0.1, 0.15) is 6.04 Å². The lowest BCUT2D eigenvalue weighted by Crippen LogP contribution is -2.46. The monoisotopic (exact) mass is 367 g/mol. The first-order valence-corrected chi connectivity index (χ1v) is 8.61. The first-order chi connectivity index (χ1) is 12.4. The largest absolute Gasteiger partial charge is 0.480 e. The Hall–Kier alpha value is -2.71. The number of unbranched alkanes of at least 4 members (excludes halogenated alkanes) is 2. The highest BCUT2D eigenvalue weighted by Gasteiger charge is 2.18. The van der Waals surface area contributed by atoms with Crippen molar-refractivity contribution in [2.24, 2.45) is 0 Å². The molecule has 3 amide bonds. The predicted molar refractivity (Wildman–Crippen MR) is 93.2 cm³/mol. The molecule has 1 heterocycles. The van der Waals surface area contributed by atoms with Gasteiger partial charge in [-0.15, -0.1) is 0 Å². The van der Waals surface area contributed by atoms with E-state index in [0.29, 0.717) is 38.8 Å². The lowest BCUT2D eigenvalue weighted by atomic mass is 10.2. The minimum Gasteiger partial charge on any atom is -0.480 e. The summed E-state index contributed by atoms with van der Waals surface area (Å²) in [5, 5.41) is 16.7. The molecule has 9 heteroatoms. The first kappa shape index (κ1) is 21.3. The van der Waals surface area contributed by atoms with E-state index in [1.165, 1.54) is 12.3 Å². The first-order valence-electron chi connectivity index (χ1n) is 8.61. The molecule has 1 aromatic heterocycles. The number of hydrogen-bond donors (Lipinski definition) is 4. The lowest BCUT2D eigenvalue weighted by molar-refractivity contribution is -0.139. The Morgan fingerprint density at radius 1 is 1.19 bits per heavy atom. The van der Waals surface area contributed by atoms with Crippen LogP contribution < -0.4 is 16.0 Å². The molecule has 8 nitrogen and oxygen atoms in total. The molecule has 0 aliphatic heterocycles. The van der Waals surface area contributed by atoms with Crippen molar-refractivity contribution in [3.63, 3.8) is 0 Å². The van der Waals surface area contributed by atoms with Crippen molar-refractivity contribution in [1.82, 2.24) is 20.9 Å². The Labute approximate surface area is 151 Å². The summed E-state index contributed by atoms with van der Waals surface area (Å²) < 4.78 is 12.9. The Kier molecular flexibility index (Phi) is 9.66. The summed E-state index contributed by atoms with van der Waals surface area (Å²) in [7, 11) is 0. The fourth-order valence-corrected chi connectivity index (χ4v) is 2.23. The molecule has 4 N–H and O–H groups in total. The maximum absolute atomic E-state index is 12.9. The van der Waals surface area contributed by atoms with Gasteiger partial charge in [-0.2, -0.15) is 4.39 Å². The maximum atomic E-state index is 12.9. The number of nitrogens with zero attached hydrogens (tertiary/aromatic N) is 1. The summed E-state index contributed by atoms with van der Waals surface area (Å²) in [4.78, 5) is 37.7. The van der Waals surface area contributed by atoms with Gasteiger partial charge < -0.3 is 21.1 Å². The Morgan fingerprint density at radius 3 is 2.50 bits per heavy atom. The molecular formula is C17H25FN4O4. The van der Waals surface area contributed by atoms with Crippen molar-refractivity contribution in [2.45, 2.75) is 45.1 Å². The van der Waals surface area contributed by atoms with Gasteiger partial charge in [0.25, 0.3) is 5.91 Å². The zero-order valence-corrected chi connectivity index (χ0v) is 14.8. The molecule has 0 fully saturated rings. The highest BCUT2D eigenvalue weighted by molar-refractivity contribution is 5.93. The third-order valence-electron chi connectivity index (χ3n) is 3.59. The summed E-state index contributed by atoms with van der Waals surface area (Å²) >= 11 is 0. The second-order valence-corrected chi connectivity index (χ2v) is 5.76. The summed E-state index contributed by atoms with van der Waals surface area (Å²) in [6.07, 6.45) is 4.44. The smallest absolute Gasteiger partial charge is 0.326 e. The van der Waals surface area contributed by atoms with Crippen LogP contribution in [0.2, 0.25) is 0 Å². The van der Waals surface area contributed by atoms with Gasteiger partial charge in [-0.05, 0) is 31.7 Å². The van der Waals surface area contributed by atoms with Crippen LogP contribution in [0, 0.1) is 5.95 Å². The van der Waals surface area contributed by atoms with Gasteiger partial charge in [-0.25, -0.2) is 14.6 Å². The number of carbonyl (C=O) groups excluding carboxylic acids is 2. The van der Waals surface area contributed by atoms with Crippen molar-refractivity contribution in [3.8, 4) is 0 Å². The van der Waals surface area contributed by atoms with Crippen molar-refractivity contribution in [3.05, 3.63) is 29.8 Å². The van der Waals surface area contributed by atoms with Crippen molar-refractivity contribution in [1.29, 1.82) is 0 Å². The molecule has 1 atom stereocenters. The number of hydrogen-bond acceptors (Lipinski definition) is 4. The average Bonchev–Trinajstić information content (AvgIpc) is 2.60. The van der Waals surface area contributed by atoms with E-state index >= 15 is 0 Å². The zero-order valence-electron chi connectivity index (χ0n) is 14.8. The maximum Gasteiger partial charge on any atom is 0.326 e. The molecule has 0 aromatic carbocycles. The molecule has 1 aromatic rings. The van der Waals surface area contributed by atoms with E-state index in [2.05, 4.69) is 20.9 Å². The molecule has 0 spiro atoms. The molecule has 26 heavy (non-hydrogen) atoms. The fraction of sp³-hybridized carbons (Fsp3) is 0.529. The minimum atomic E-state index is -1.05. The zero-order chi connectivity index (χ0) is 19.4. The van der Waals surface area contributed by atoms with Crippen LogP contribution >= 0.6 is 0 Å². The van der Waals surface area contributed by atoms with Gasteiger partial charge in [0.05, 0.1) is 0 Å². The molecule has 0 bridgehead atoms. The number of aromatic nitrogens is 1. The van der Waals surface area contributed by atoms with Gasteiger partial charge in [0, 0.05) is 30.9 Å². The average molecular weight is 367 g/mol. The van der Waals surface area contributed by atoms with Gasteiger partial charge in [0.2, 0.25) is 5.95 Å². The molecule has 0 saturated carbocycles. The Morgan fingerprint density at radius 2 is 1.88 bits per heavy atom. The van der Waals surface area contributed by atoms with E-state index in [9.17, 15) is 18.8 Å². The van der Waals surface area contributed by atoms with Crippen molar-refractivity contribution in [2.75, 3.05) is 13.1 Å². The number of carboxylic acid groups (broad SMARTS) is 1. The van der Waals surface area contributed by atoms with E-state index in [4.69, 9.17) is 5.11 Å². The van der Waals surface area contributed by atoms with Crippen LogP contribution in [0.5, 0.6) is 0 Å². The second kappa shape index (κ2) is 11.8. The molecular weight excluding hydrogens is 342 g/mol. The summed E-state index contributed by atoms with van der Waals surface area (Å²) in [6, 6.07) is 1.12. The number of halogens is 1. The molecule has 0 radical (unpaired) electrons. The number of carbonyl (C=O) groups is 3. The van der Waals surface area contributed by atoms with E-state index in [-0.39, 0.29) is 11.5 Å². The van der Waals surface area contributed by atoms with Crippen LogP contribution in [0.15, 0.2) is 18.3 Å². The van der Waals surface area contributed by atoms with Crippen molar-refractivity contribution >= 4 is 17.9 Å². The number of nitrogens with one attached hydrogen (secondary N) is 3. The van der Waals surface area contributed by atoms with Crippen LogP contribution in [0.3, 0.4) is 0 Å². The van der Waals surface area contributed by atoms with Crippen LogP contribution in [0.4, 0.5) is 9.18 Å². The van der Waals surface area contributed by atoms with Gasteiger partial charge in [-0.3, -0.25) is 4.79 Å². The minimum absolute atomic E-state index is 0.218. The summed E-state index contributed by atoms with van der Waals surface area (Å²) in [5.74, 6) is -2.11. The molecule has 144 valence electrons. The molecule has 0 aliphatic carbocycles. The third kappa shape index (κ3) is 8.41. The van der Waals surface area contributed by atoms with Crippen LogP contribution in [-0.2, 0) is 4.79 Å². The standard InChI is InChI=1S/C17H25FN4O4/c1-2-6-13(16(24)25)22-17(26)21-9-5-3-4-8-20-15(23)12-7-10-19-14(18)11-12/h7,10-11,13H,2-6,8-9H2,1H3,(H,20,23)(H,24,25)(H2,21,22,26)/i18-1. The molecule has 0 saturated heterocycles. The quantitative estimate of drug-likeness (QED) is 0.350. The van der Waals surface area contributed by atoms with Crippen LogP contribution in [0.1, 0.15) is 49.4 Å². The number of rotatable bonds is 11. The summed E-state index contributed by atoms with van der Waals surface area (Å²) in [6.45, 7) is 2.69.